The quantitative estimate of drug-likeness (QED) is 0.856. The summed E-state index contributed by atoms with van der Waals surface area (Å²) in [6.45, 7) is 3.83. The molecule has 0 radical (unpaired) electrons. The zero-order valence-electron chi connectivity index (χ0n) is 10.7. The monoisotopic (exact) mass is 249 g/mol. The number of nitrogens with zero attached hydrogens (tertiary/aromatic N) is 1. The molecular weight excluding hydrogens is 233 g/mol. The maximum absolute atomic E-state index is 13.6. The lowest BCUT2D eigenvalue weighted by Crippen LogP contribution is -2.39. The van der Waals surface area contributed by atoms with Crippen molar-refractivity contribution in [2.75, 3.05) is 18.9 Å². The molecule has 96 valence electrons. The molecule has 5 heteroatoms. The Bertz CT molecular complexity index is 491. The van der Waals surface area contributed by atoms with Crippen molar-refractivity contribution in [3.05, 3.63) is 29.6 Å². The van der Waals surface area contributed by atoms with Crippen molar-refractivity contribution in [2.24, 2.45) is 5.41 Å². The minimum Gasteiger partial charge on any atom is -0.382 e. The first-order chi connectivity index (χ1) is 8.40. The number of halogens is 1. The first-order valence-corrected chi connectivity index (χ1v) is 5.56. The minimum absolute atomic E-state index is 0.121. The van der Waals surface area contributed by atoms with Crippen LogP contribution in [0.2, 0.25) is 0 Å². The van der Waals surface area contributed by atoms with Crippen molar-refractivity contribution in [3.63, 3.8) is 0 Å². The van der Waals surface area contributed by atoms with Crippen LogP contribution >= 0.6 is 0 Å². The molecule has 18 heavy (non-hydrogen) atoms. The molecule has 4 nitrogen and oxygen atoms in total. The third kappa shape index (κ3) is 3.20. The SMILES string of the molecule is CNC(=O)C(C)(C)CNc1ccc(C#N)cc1F. The molecule has 0 aliphatic carbocycles. The minimum atomic E-state index is -0.644. The van der Waals surface area contributed by atoms with Gasteiger partial charge in [-0.05, 0) is 32.0 Å². The fourth-order valence-electron chi connectivity index (χ4n) is 1.46. The topological polar surface area (TPSA) is 64.9 Å². The van der Waals surface area contributed by atoms with Crippen LogP contribution in [0.25, 0.3) is 0 Å². The van der Waals surface area contributed by atoms with Crippen LogP contribution in [-0.2, 0) is 4.79 Å². The average Bonchev–Trinajstić information content (AvgIpc) is 2.36. The maximum Gasteiger partial charge on any atom is 0.227 e. The lowest BCUT2D eigenvalue weighted by atomic mass is 9.92. The molecule has 0 saturated carbocycles. The van der Waals surface area contributed by atoms with Gasteiger partial charge in [0.25, 0.3) is 0 Å². The zero-order chi connectivity index (χ0) is 13.8. The summed E-state index contributed by atoms with van der Waals surface area (Å²) in [4.78, 5) is 11.6. The normalized spacial score (nSPS) is 10.6. The van der Waals surface area contributed by atoms with Crippen molar-refractivity contribution >= 4 is 11.6 Å². The molecule has 0 bridgehead atoms. The van der Waals surface area contributed by atoms with Gasteiger partial charge < -0.3 is 10.6 Å². The number of hydrogen-bond acceptors (Lipinski definition) is 3. The number of anilines is 1. The molecule has 0 aliphatic rings. The zero-order valence-corrected chi connectivity index (χ0v) is 10.7. The third-order valence-corrected chi connectivity index (χ3v) is 2.66. The Morgan fingerprint density at radius 3 is 2.67 bits per heavy atom. The highest BCUT2D eigenvalue weighted by molar-refractivity contribution is 5.82. The smallest absolute Gasteiger partial charge is 0.227 e. The first-order valence-electron chi connectivity index (χ1n) is 5.56. The van der Waals surface area contributed by atoms with Gasteiger partial charge in [-0.1, -0.05) is 0 Å². The predicted octanol–water partition coefficient (Wildman–Crippen LogP) is 1.88. The maximum atomic E-state index is 13.6. The van der Waals surface area contributed by atoms with E-state index in [9.17, 15) is 9.18 Å². The van der Waals surface area contributed by atoms with Crippen LogP contribution in [0, 0.1) is 22.6 Å². The number of hydrogen-bond donors (Lipinski definition) is 2. The highest BCUT2D eigenvalue weighted by Crippen LogP contribution is 2.20. The summed E-state index contributed by atoms with van der Waals surface area (Å²) in [6, 6.07) is 6.04. The summed E-state index contributed by atoms with van der Waals surface area (Å²) in [7, 11) is 1.56. The fraction of sp³-hybridized carbons (Fsp3) is 0.385. The van der Waals surface area contributed by atoms with Gasteiger partial charge in [0, 0.05) is 13.6 Å². The van der Waals surface area contributed by atoms with Crippen LogP contribution in [0.4, 0.5) is 10.1 Å². The Kier molecular flexibility index (Phi) is 4.27. The summed E-state index contributed by atoms with van der Waals surface area (Å²) in [5.74, 6) is -0.620. The molecule has 1 rings (SSSR count). The van der Waals surface area contributed by atoms with E-state index in [2.05, 4.69) is 10.6 Å². The van der Waals surface area contributed by atoms with Gasteiger partial charge in [-0.2, -0.15) is 5.26 Å². The number of nitriles is 1. The van der Waals surface area contributed by atoms with E-state index in [1.54, 1.807) is 20.9 Å². The number of benzene rings is 1. The van der Waals surface area contributed by atoms with E-state index in [1.807, 2.05) is 6.07 Å². The molecule has 1 aromatic rings. The second-order valence-electron chi connectivity index (χ2n) is 4.62. The number of carbonyl (C=O) groups is 1. The Morgan fingerprint density at radius 2 is 2.17 bits per heavy atom. The molecular formula is C13H16FN3O. The fourth-order valence-corrected chi connectivity index (χ4v) is 1.46. The van der Waals surface area contributed by atoms with Gasteiger partial charge in [0.05, 0.1) is 22.7 Å². The van der Waals surface area contributed by atoms with Crippen molar-refractivity contribution < 1.29 is 9.18 Å². The summed E-state index contributed by atoms with van der Waals surface area (Å²) in [5, 5.41) is 14.1. The standard InChI is InChI=1S/C13H16FN3O/c1-13(2,12(18)16-3)8-17-11-5-4-9(7-15)6-10(11)14/h4-6,17H,8H2,1-3H3,(H,16,18). The van der Waals surface area contributed by atoms with Crippen molar-refractivity contribution in [1.29, 1.82) is 5.26 Å². The van der Waals surface area contributed by atoms with Crippen LogP contribution in [0.3, 0.4) is 0 Å². The summed E-state index contributed by atoms with van der Waals surface area (Å²) < 4.78 is 13.6. The molecule has 0 aromatic heterocycles. The van der Waals surface area contributed by atoms with E-state index in [0.29, 0.717) is 6.54 Å². The van der Waals surface area contributed by atoms with Gasteiger partial charge in [-0.15, -0.1) is 0 Å². The van der Waals surface area contributed by atoms with Gasteiger partial charge >= 0.3 is 0 Å². The van der Waals surface area contributed by atoms with Crippen LogP contribution in [0.5, 0.6) is 0 Å². The van der Waals surface area contributed by atoms with Gasteiger partial charge in [0.1, 0.15) is 5.82 Å². The molecule has 0 heterocycles. The van der Waals surface area contributed by atoms with Gasteiger partial charge in [0.2, 0.25) is 5.91 Å². The molecule has 0 aliphatic heterocycles. The molecule has 0 saturated heterocycles. The largest absolute Gasteiger partial charge is 0.382 e. The second-order valence-corrected chi connectivity index (χ2v) is 4.62. The molecule has 1 aromatic carbocycles. The van der Waals surface area contributed by atoms with Crippen LogP contribution in [-0.4, -0.2) is 19.5 Å². The Hall–Kier alpha value is -2.09. The number of nitrogens with one attached hydrogen (secondary N) is 2. The van der Waals surface area contributed by atoms with E-state index in [-0.39, 0.29) is 17.2 Å². The van der Waals surface area contributed by atoms with Crippen LogP contribution in [0.15, 0.2) is 18.2 Å². The number of carbonyl (C=O) groups excluding carboxylic acids is 1. The molecule has 1 amide bonds. The highest BCUT2D eigenvalue weighted by atomic mass is 19.1. The Balaban J connectivity index is 2.76. The van der Waals surface area contributed by atoms with Crippen LogP contribution < -0.4 is 10.6 Å². The van der Waals surface area contributed by atoms with E-state index < -0.39 is 11.2 Å². The lowest BCUT2D eigenvalue weighted by molar-refractivity contribution is -0.128. The van der Waals surface area contributed by atoms with E-state index in [0.717, 1.165) is 6.07 Å². The average molecular weight is 249 g/mol. The summed E-state index contributed by atoms with van der Waals surface area (Å²) in [5.41, 5.74) is -0.0932. The van der Waals surface area contributed by atoms with Gasteiger partial charge in [0.15, 0.2) is 0 Å². The second kappa shape index (κ2) is 5.50. The number of amides is 1. The van der Waals surface area contributed by atoms with E-state index >= 15 is 0 Å². The Labute approximate surface area is 106 Å². The predicted molar refractivity (Wildman–Crippen MR) is 67.5 cm³/mol. The highest BCUT2D eigenvalue weighted by Gasteiger charge is 2.26. The number of rotatable bonds is 4. The van der Waals surface area contributed by atoms with Crippen molar-refractivity contribution in [3.8, 4) is 6.07 Å². The third-order valence-electron chi connectivity index (χ3n) is 2.66. The van der Waals surface area contributed by atoms with Gasteiger partial charge in [-0.25, -0.2) is 4.39 Å². The van der Waals surface area contributed by atoms with E-state index in [4.69, 9.17) is 5.26 Å². The molecule has 0 spiro atoms. The molecule has 0 unspecified atom stereocenters. The summed E-state index contributed by atoms with van der Waals surface area (Å²) in [6.07, 6.45) is 0. The Morgan fingerprint density at radius 1 is 1.50 bits per heavy atom. The molecule has 2 N–H and O–H groups in total. The first kappa shape index (κ1) is 14.0. The molecule has 0 atom stereocenters. The summed E-state index contributed by atoms with van der Waals surface area (Å²) >= 11 is 0. The van der Waals surface area contributed by atoms with Crippen molar-refractivity contribution in [2.45, 2.75) is 13.8 Å². The van der Waals surface area contributed by atoms with Crippen molar-refractivity contribution in [1.82, 2.24) is 5.32 Å². The molecule has 0 fully saturated rings. The van der Waals surface area contributed by atoms with Crippen LogP contribution in [0.1, 0.15) is 19.4 Å². The van der Waals surface area contributed by atoms with Gasteiger partial charge in [-0.3, -0.25) is 4.79 Å². The lowest BCUT2D eigenvalue weighted by Gasteiger charge is -2.23. The van der Waals surface area contributed by atoms with E-state index in [1.165, 1.54) is 12.1 Å².